The van der Waals surface area contributed by atoms with E-state index in [1.807, 2.05) is 24.5 Å². The van der Waals surface area contributed by atoms with Crippen molar-refractivity contribution in [3.05, 3.63) is 55.0 Å². The van der Waals surface area contributed by atoms with Crippen LogP contribution in [0, 0.1) is 5.92 Å². The standard InChI is InChI=1S/C16H21N3O2/c1-2-7-20-13-14-9-18(11-15-4-3-8-21-15)12-16-17-5-6-19(16)10-14/h2-6,8,14H,1,7,9-13H2/t14-/m0/s1. The Hall–Kier alpha value is -1.85. The minimum Gasteiger partial charge on any atom is -0.468 e. The molecule has 5 nitrogen and oxygen atoms in total. The van der Waals surface area contributed by atoms with Gasteiger partial charge in [-0.2, -0.15) is 0 Å². The molecule has 0 N–H and O–H groups in total. The zero-order chi connectivity index (χ0) is 14.5. The Morgan fingerprint density at radius 1 is 1.48 bits per heavy atom. The summed E-state index contributed by atoms with van der Waals surface area (Å²) < 4.78 is 13.3. The van der Waals surface area contributed by atoms with Gasteiger partial charge in [0.05, 0.1) is 32.6 Å². The monoisotopic (exact) mass is 287 g/mol. The fourth-order valence-corrected chi connectivity index (χ4v) is 2.79. The summed E-state index contributed by atoms with van der Waals surface area (Å²) >= 11 is 0. The molecule has 0 bridgehead atoms. The van der Waals surface area contributed by atoms with Gasteiger partial charge in [0.2, 0.25) is 0 Å². The minimum absolute atomic E-state index is 0.440. The van der Waals surface area contributed by atoms with Crippen molar-refractivity contribution in [2.45, 2.75) is 19.6 Å². The second-order valence-electron chi connectivity index (χ2n) is 5.44. The van der Waals surface area contributed by atoms with Crippen LogP contribution in [-0.2, 0) is 24.4 Å². The summed E-state index contributed by atoms with van der Waals surface area (Å²) in [7, 11) is 0. The summed E-state index contributed by atoms with van der Waals surface area (Å²) in [4.78, 5) is 6.83. The lowest BCUT2D eigenvalue weighted by atomic mass is 10.1. The van der Waals surface area contributed by atoms with Gasteiger partial charge in [-0.25, -0.2) is 4.98 Å². The number of ether oxygens (including phenoxy) is 1. The fourth-order valence-electron chi connectivity index (χ4n) is 2.79. The maximum Gasteiger partial charge on any atom is 0.122 e. The van der Waals surface area contributed by atoms with Crippen LogP contribution in [0.2, 0.25) is 0 Å². The van der Waals surface area contributed by atoms with Crippen molar-refractivity contribution < 1.29 is 9.15 Å². The van der Waals surface area contributed by atoms with Crippen molar-refractivity contribution in [1.82, 2.24) is 14.5 Å². The van der Waals surface area contributed by atoms with Crippen LogP contribution in [0.5, 0.6) is 0 Å². The minimum atomic E-state index is 0.440. The molecule has 0 saturated carbocycles. The predicted molar refractivity (Wildman–Crippen MR) is 79.6 cm³/mol. The van der Waals surface area contributed by atoms with Crippen LogP contribution in [-0.4, -0.2) is 34.2 Å². The third-order valence-corrected chi connectivity index (χ3v) is 3.69. The van der Waals surface area contributed by atoms with Gasteiger partial charge in [-0.1, -0.05) is 6.08 Å². The van der Waals surface area contributed by atoms with Crippen molar-refractivity contribution in [3.8, 4) is 0 Å². The summed E-state index contributed by atoms with van der Waals surface area (Å²) in [6.45, 7) is 8.59. The lowest BCUT2D eigenvalue weighted by Crippen LogP contribution is -2.30. The van der Waals surface area contributed by atoms with E-state index in [0.29, 0.717) is 12.5 Å². The van der Waals surface area contributed by atoms with E-state index in [-0.39, 0.29) is 0 Å². The van der Waals surface area contributed by atoms with E-state index in [1.165, 1.54) is 0 Å². The quantitative estimate of drug-likeness (QED) is 0.604. The van der Waals surface area contributed by atoms with E-state index >= 15 is 0 Å². The number of hydrogen-bond donors (Lipinski definition) is 0. The third kappa shape index (κ3) is 3.62. The first kappa shape index (κ1) is 14.1. The van der Waals surface area contributed by atoms with E-state index in [4.69, 9.17) is 9.15 Å². The first-order valence-electron chi connectivity index (χ1n) is 7.28. The molecular weight excluding hydrogens is 266 g/mol. The lowest BCUT2D eigenvalue weighted by molar-refractivity contribution is 0.0924. The highest BCUT2D eigenvalue weighted by molar-refractivity contribution is 5.00. The molecule has 0 radical (unpaired) electrons. The van der Waals surface area contributed by atoms with Gasteiger partial charge in [-0.15, -0.1) is 6.58 Å². The largest absolute Gasteiger partial charge is 0.468 e. The number of aromatic nitrogens is 2. The van der Waals surface area contributed by atoms with E-state index < -0.39 is 0 Å². The van der Waals surface area contributed by atoms with Crippen molar-refractivity contribution in [3.63, 3.8) is 0 Å². The molecule has 0 aromatic carbocycles. The average molecular weight is 287 g/mol. The molecule has 1 aliphatic heterocycles. The number of imidazole rings is 1. The smallest absolute Gasteiger partial charge is 0.122 e. The van der Waals surface area contributed by atoms with Crippen LogP contribution in [0.1, 0.15) is 11.6 Å². The molecule has 3 heterocycles. The predicted octanol–water partition coefficient (Wildman–Crippen LogP) is 2.31. The number of nitrogens with zero attached hydrogens (tertiary/aromatic N) is 3. The number of rotatable bonds is 6. The number of fused-ring (bicyclic) bond motifs is 1. The molecule has 2 aromatic rings. The van der Waals surface area contributed by atoms with Crippen LogP contribution >= 0.6 is 0 Å². The molecule has 0 spiro atoms. The van der Waals surface area contributed by atoms with Gasteiger partial charge in [0.15, 0.2) is 0 Å². The van der Waals surface area contributed by atoms with Gasteiger partial charge >= 0.3 is 0 Å². The van der Waals surface area contributed by atoms with E-state index in [2.05, 4.69) is 21.0 Å². The molecule has 3 rings (SSSR count). The first-order chi connectivity index (χ1) is 10.3. The highest BCUT2D eigenvalue weighted by atomic mass is 16.5. The highest BCUT2D eigenvalue weighted by Gasteiger charge is 2.23. The third-order valence-electron chi connectivity index (χ3n) is 3.69. The summed E-state index contributed by atoms with van der Waals surface area (Å²) in [6, 6.07) is 3.94. The SMILES string of the molecule is C=CCOC[C@H]1CN(Cc2ccco2)Cc2nccn2C1. The summed E-state index contributed by atoms with van der Waals surface area (Å²) in [5, 5.41) is 0. The van der Waals surface area contributed by atoms with E-state index in [9.17, 15) is 0 Å². The first-order valence-corrected chi connectivity index (χ1v) is 7.28. The molecule has 5 heteroatoms. The Morgan fingerprint density at radius 2 is 2.43 bits per heavy atom. The Kier molecular flexibility index (Phi) is 4.52. The van der Waals surface area contributed by atoms with Gasteiger partial charge in [-0.05, 0) is 12.1 Å². The topological polar surface area (TPSA) is 43.4 Å². The normalized spacial score (nSPS) is 19.1. The molecule has 0 unspecified atom stereocenters. The van der Waals surface area contributed by atoms with Crippen molar-refractivity contribution in [2.24, 2.45) is 5.92 Å². The lowest BCUT2D eigenvalue weighted by Gasteiger charge is -2.22. The van der Waals surface area contributed by atoms with Crippen molar-refractivity contribution in [1.29, 1.82) is 0 Å². The van der Waals surface area contributed by atoms with Crippen LogP contribution in [0.4, 0.5) is 0 Å². The molecule has 0 saturated heterocycles. The molecule has 0 aliphatic carbocycles. The van der Waals surface area contributed by atoms with E-state index in [1.54, 1.807) is 12.3 Å². The van der Waals surface area contributed by atoms with Gasteiger partial charge in [-0.3, -0.25) is 4.90 Å². The summed E-state index contributed by atoms with van der Waals surface area (Å²) in [5.41, 5.74) is 0. The zero-order valence-corrected chi connectivity index (χ0v) is 12.1. The Morgan fingerprint density at radius 3 is 3.24 bits per heavy atom. The van der Waals surface area contributed by atoms with Gasteiger partial charge in [0, 0.05) is 31.4 Å². The second kappa shape index (κ2) is 6.74. The molecule has 0 amide bonds. The molecular formula is C16H21N3O2. The molecule has 112 valence electrons. The van der Waals surface area contributed by atoms with Crippen molar-refractivity contribution in [2.75, 3.05) is 19.8 Å². The molecule has 21 heavy (non-hydrogen) atoms. The molecule has 1 aliphatic rings. The van der Waals surface area contributed by atoms with Crippen molar-refractivity contribution >= 4 is 0 Å². The maximum atomic E-state index is 5.65. The summed E-state index contributed by atoms with van der Waals surface area (Å²) in [5.74, 6) is 2.53. The van der Waals surface area contributed by atoms with Crippen LogP contribution in [0.25, 0.3) is 0 Å². The molecule has 2 aromatic heterocycles. The van der Waals surface area contributed by atoms with Gasteiger partial charge < -0.3 is 13.7 Å². The maximum absolute atomic E-state index is 5.65. The Balaban J connectivity index is 1.69. The Labute approximate surface area is 124 Å². The Bertz CT molecular complexity index is 562. The number of furan rings is 1. The number of hydrogen-bond acceptors (Lipinski definition) is 4. The van der Waals surface area contributed by atoms with Crippen LogP contribution in [0.3, 0.4) is 0 Å². The average Bonchev–Trinajstić information content (AvgIpc) is 3.09. The highest BCUT2D eigenvalue weighted by Crippen LogP contribution is 2.18. The van der Waals surface area contributed by atoms with Crippen LogP contribution in [0.15, 0.2) is 47.9 Å². The zero-order valence-electron chi connectivity index (χ0n) is 12.1. The van der Waals surface area contributed by atoms with E-state index in [0.717, 1.165) is 44.4 Å². The summed E-state index contributed by atoms with van der Waals surface area (Å²) in [6.07, 6.45) is 7.43. The second-order valence-corrected chi connectivity index (χ2v) is 5.44. The molecule has 1 atom stereocenters. The van der Waals surface area contributed by atoms with Crippen LogP contribution < -0.4 is 0 Å². The molecule has 0 fully saturated rings. The van der Waals surface area contributed by atoms with Gasteiger partial charge in [0.1, 0.15) is 11.6 Å². The van der Waals surface area contributed by atoms with Gasteiger partial charge in [0.25, 0.3) is 0 Å². The fraction of sp³-hybridized carbons (Fsp3) is 0.438.